The number of ether oxygens (including phenoxy) is 1. The monoisotopic (exact) mass is 368 g/mol. The van der Waals surface area contributed by atoms with Crippen LogP contribution in [0.3, 0.4) is 0 Å². The molecule has 1 atom stereocenters. The molecule has 140 valence electrons. The third-order valence-corrected chi connectivity index (χ3v) is 3.76. The summed E-state index contributed by atoms with van der Waals surface area (Å²) < 4.78 is 43.5. The van der Waals surface area contributed by atoms with Crippen molar-refractivity contribution in [3.63, 3.8) is 0 Å². The Bertz CT molecular complexity index is 747. The minimum absolute atomic E-state index is 0.0282. The molecule has 0 fully saturated rings. The Labute approximate surface area is 149 Å². The molecular weight excluding hydrogens is 347 g/mol. The first kappa shape index (κ1) is 19.9. The van der Waals surface area contributed by atoms with Crippen molar-refractivity contribution in [3.8, 4) is 5.75 Å². The molecule has 0 bridgehead atoms. The van der Waals surface area contributed by atoms with E-state index in [0.717, 1.165) is 12.1 Å². The number of quaternary nitrogens is 1. The van der Waals surface area contributed by atoms with Gasteiger partial charge in [0.2, 0.25) is 0 Å². The van der Waals surface area contributed by atoms with Gasteiger partial charge in [0.15, 0.2) is 5.78 Å². The SMILES string of the molecule is CC(=O)c1cccc(OC[C@H](O)C[NH2+]Cc2cccc(C(F)(F)F)c2)c1. The van der Waals surface area contributed by atoms with Gasteiger partial charge >= 0.3 is 6.18 Å². The topological polar surface area (TPSA) is 63.1 Å². The van der Waals surface area contributed by atoms with Gasteiger partial charge in [-0.25, -0.2) is 0 Å². The van der Waals surface area contributed by atoms with Crippen molar-refractivity contribution in [2.75, 3.05) is 13.2 Å². The summed E-state index contributed by atoms with van der Waals surface area (Å²) in [6, 6.07) is 11.8. The minimum atomic E-state index is -4.36. The Balaban J connectivity index is 1.78. The zero-order valence-electron chi connectivity index (χ0n) is 14.3. The molecule has 4 nitrogen and oxygen atoms in total. The van der Waals surface area contributed by atoms with Gasteiger partial charge in [0.05, 0.1) is 5.56 Å². The molecule has 0 aliphatic heterocycles. The smallest absolute Gasteiger partial charge is 0.416 e. The molecule has 0 aliphatic carbocycles. The highest BCUT2D eigenvalue weighted by atomic mass is 19.4. The number of nitrogens with two attached hydrogens (primary N) is 1. The molecule has 0 radical (unpaired) electrons. The first-order chi connectivity index (χ1) is 12.3. The van der Waals surface area contributed by atoms with Crippen LogP contribution in [0.2, 0.25) is 0 Å². The molecule has 2 rings (SSSR count). The highest BCUT2D eigenvalue weighted by Crippen LogP contribution is 2.29. The van der Waals surface area contributed by atoms with Gasteiger partial charge < -0.3 is 15.2 Å². The van der Waals surface area contributed by atoms with Gasteiger partial charge in [-0.1, -0.05) is 24.3 Å². The van der Waals surface area contributed by atoms with E-state index in [1.54, 1.807) is 35.6 Å². The number of ketones is 1. The second-order valence-corrected chi connectivity index (χ2v) is 5.98. The summed E-state index contributed by atoms with van der Waals surface area (Å²) >= 11 is 0. The third-order valence-electron chi connectivity index (χ3n) is 3.76. The number of carbonyl (C=O) groups is 1. The van der Waals surface area contributed by atoms with Crippen molar-refractivity contribution in [2.24, 2.45) is 0 Å². The molecule has 2 aromatic carbocycles. The number of halogens is 3. The van der Waals surface area contributed by atoms with E-state index in [4.69, 9.17) is 4.74 Å². The van der Waals surface area contributed by atoms with Crippen LogP contribution < -0.4 is 10.1 Å². The van der Waals surface area contributed by atoms with E-state index in [9.17, 15) is 23.1 Å². The lowest BCUT2D eigenvalue weighted by atomic mass is 10.1. The molecule has 0 aromatic heterocycles. The maximum atomic E-state index is 12.7. The summed E-state index contributed by atoms with van der Waals surface area (Å²) in [4.78, 5) is 11.3. The van der Waals surface area contributed by atoms with Crippen LogP contribution in [0.1, 0.15) is 28.4 Å². The molecule has 0 saturated carbocycles. The lowest BCUT2D eigenvalue weighted by Crippen LogP contribution is -2.85. The lowest BCUT2D eigenvalue weighted by Gasteiger charge is -2.12. The van der Waals surface area contributed by atoms with Gasteiger partial charge in [-0.15, -0.1) is 0 Å². The average Bonchev–Trinajstić information content (AvgIpc) is 2.60. The van der Waals surface area contributed by atoms with Gasteiger partial charge in [-0.2, -0.15) is 13.2 Å². The predicted molar refractivity (Wildman–Crippen MR) is 89.9 cm³/mol. The predicted octanol–water partition coefficient (Wildman–Crippen LogP) is 2.41. The first-order valence-electron chi connectivity index (χ1n) is 8.15. The van der Waals surface area contributed by atoms with Gasteiger partial charge in [0.1, 0.15) is 31.5 Å². The standard InChI is InChI=1S/C19H20F3NO3/c1-13(24)15-5-3-7-18(9-15)26-12-17(25)11-23-10-14-4-2-6-16(8-14)19(20,21)22/h2-9,17,23,25H,10-12H2,1H3/p+1/t17-/m1/s1. The van der Waals surface area contributed by atoms with Crippen LogP contribution in [-0.4, -0.2) is 30.1 Å². The molecular formula is C19H21F3NO3+. The summed E-state index contributed by atoms with van der Waals surface area (Å²) in [5.74, 6) is 0.403. The van der Waals surface area contributed by atoms with E-state index in [2.05, 4.69) is 0 Å². The fourth-order valence-corrected chi connectivity index (χ4v) is 2.38. The third kappa shape index (κ3) is 6.16. The summed E-state index contributed by atoms with van der Waals surface area (Å²) in [6.07, 6.45) is -5.15. The number of benzene rings is 2. The number of rotatable bonds is 8. The fraction of sp³-hybridized carbons (Fsp3) is 0.316. The number of carbonyl (C=O) groups excluding carboxylic acids is 1. The van der Waals surface area contributed by atoms with E-state index >= 15 is 0 Å². The van der Waals surface area contributed by atoms with Gasteiger partial charge in [0.25, 0.3) is 0 Å². The van der Waals surface area contributed by atoms with Crippen molar-refractivity contribution in [2.45, 2.75) is 25.7 Å². The van der Waals surface area contributed by atoms with Gasteiger partial charge in [-0.05, 0) is 31.2 Å². The van der Waals surface area contributed by atoms with Crippen LogP contribution in [0, 0.1) is 0 Å². The van der Waals surface area contributed by atoms with Crippen LogP contribution in [0.25, 0.3) is 0 Å². The van der Waals surface area contributed by atoms with E-state index in [0.29, 0.717) is 23.4 Å². The Morgan fingerprint density at radius 3 is 2.62 bits per heavy atom. The molecule has 0 heterocycles. The number of hydrogen-bond acceptors (Lipinski definition) is 3. The Hall–Kier alpha value is -2.38. The Morgan fingerprint density at radius 2 is 1.92 bits per heavy atom. The molecule has 0 unspecified atom stereocenters. The van der Waals surface area contributed by atoms with Crippen molar-refractivity contribution >= 4 is 5.78 Å². The average molecular weight is 368 g/mol. The van der Waals surface area contributed by atoms with Crippen molar-refractivity contribution in [1.29, 1.82) is 0 Å². The number of aliphatic hydroxyl groups excluding tert-OH is 1. The number of Topliss-reactive ketones (excluding diaryl/α,β-unsaturated/α-hetero) is 1. The summed E-state index contributed by atoms with van der Waals surface area (Å²) in [5, 5.41) is 11.7. The van der Waals surface area contributed by atoms with Gasteiger partial charge in [0, 0.05) is 11.1 Å². The van der Waals surface area contributed by atoms with E-state index in [1.807, 2.05) is 0 Å². The molecule has 2 aromatic rings. The lowest BCUT2D eigenvalue weighted by molar-refractivity contribution is -0.676. The van der Waals surface area contributed by atoms with Crippen LogP contribution in [-0.2, 0) is 12.7 Å². The fourth-order valence-electron chi connectivity index (χ4n) is 2.38. The minimum Gasteiger partial charge on any atom is -0.491 e. The zero-order chi connectivity index (χ0) is 19.2. The Morgan fingerprint density at radius 1 is 1.19 bits per heavy atom. The number of aliphatic hydroxyl groups is 1. The molecule has 7 heteroatoms. The maximum Gasteiger partial charge on any atom is 0.416 e. The van der Waals surface area contributed by atoms with Crippen molar-refractivity contribution in [3.05, 3.63) is 65.2 Å². The zero-order valence-corrected chi connectivity index (χ0v) is 14.3. The normalized spacial score (nSPS) is 12.7. The first-order valence-corrected chi connectivity index (χ1v) is 8.15. The molecule has 0 saturated heterocycles. The summed E-state index contributed by atoms with van der Waals surface area (Å²) in [6.45, 7) is 2.08. The van der Waals surface area contributed by atoms with E-state index in [-0.39, 0.29) is 18.9 Å². The highest BCUT2D eigenvalue weighted by molar-refractivity contribution is 5.94. The summed E-state index contributed by atoms with van der Waals surface area (Å²) in [5.41, 5.74) is 0.368. The molecule has 0 spiro atoms. The van der Waals surface area contributed by atoms with Crippen LogP contribution in [0.15, 0.2) is 48.5 Å². The molecule has 3 N–H and O–H groups in total. The maximum absolute atomic E-state index is 12.7. The molecule has 26 heavy (non-hydrogen) atoms. The van der Waals surface area contributed by atoms with Crippen molar-refractivity contribution in [1.82, 2.24) is 0 Å². The van der Waals surface area contributed by atoms with Crippen LogP contribution >= 0.6 is 0 Å². The summed E-state index contributed by atoms with van der Waals surface area (Å²) in [7, 11) is 0. The quantitative estimate of drug-likeness (QED) is 0.704. The van der Waals surface area contributed by atoms with Crippen LogP contribution in [0.5, 0.6) is 5.75 Å². The van der Waals surface area contributed by atoms with E-state index < -0.39 is 17.8 Å². The molecule has 0 aliphatic rings. The largest absolute Gasteiger partial charge is 0.491 e. The molecule has 0 amide bonds. The number of hydrogen-bond donors (Lipinski definition) is 2. The van der Waals surface area contributed by atoms with Crippen molar-refractivity contribution < 1.29 is 33.1 Å². The van der Waals surface area contributed by atoms with Gasteiger partial charge in [-0.3, -0.25) is 4.79 Å². The van der Waals surface area contributed by atoms with Crippen LogP contribution in [0.4, 0.5) is 13.2 Å². The second-order valence-electron chi connectivity index (χ2n) is 5.98. The van der Waals surface area contributed by atoms with E-state index in [1.165, 1.54) is 13.0 Å². The second kappa shape index (κ2) is 8.82. The number of alkyl halides is 3. The Kier molecular flexibility index (Phi) is 6.76. The highest BCUT2D eigenvalue weighted by Gasteiger charge is 2.30.